The molecule has 1 aliphatic carbocycles. The van der Waals surface area contributed by atoms with E-state index in [4.69, 9.17) is 9.97 Å². The Balaban J connectivity index is 1.42. The molecule has 0 radical (unpaired) electrons. The fraction of sp³-hybridized carbons (Fsp3) is 0.452. The monoisotopic (exact) mass is 524 g/mol. The molecule has 3 aromatic heterocycles. The summed E-state index contributed by atoms with van der Waals surface area (Å²) in [5.74, 6) is 2.31. The quantitative estimate of drug-likeness (QED) is 0.295. The van der Waals surface area contributed by atoms with E-state index in [2.05, 4.69) is 62.5 Å². The lowest BCUT2D eigenvalue weighted by atomic mass is 9.95. The maximum Gasteiger partial charge on any atom is 0.208 e. The number of likely N-dealkylation sites (N-methyl/N-ethyl adjacent to an activating group) is 1. The van der Waals surface area contributed by atoms with Crippen molar-refractivity contribution in [2.24, 2.45) is 18.9 Å². The lowest BCUT2D eigenvalue weighted by Gasteiger charge is -2.20. The molecule has 1 saturated carbocycles. The van der Waals surface area contributed by atoms with Crippen LogP contribution in [0.4, 0.5) is 11.6 Å². The van der Waals surface area contributed by atoms with Crippen molar-refractivity contribution >= 4 is 28.4 Å². The first-order valence-corrected chi connectivity index (χ1v) is 14.3. The Morgan fingerprint density at radius 1 is 1.05 bits per heavy atom. The number of aryl methyl sites for hydroxylation is 2. The summed E-state index contributed by atoms with van der Waals surface area (Å²) in [6.07, 6.45) is 9.23. The van der Waals surface area contributed by atoms with E-state index in [1.165, 1.54) is 36.9 Å². The van der Waals surface area contributed by atoms with Crippen LogP contribution in [-0.2, 0) is 20.0 Å². The molecule has 3 N–H and O–H groups in total. The van der Waals surface area contributed by atoms with Gasteiger partial charge in [0.2, 0.25) is 5.95 Å². The van der Waals surface area contributed by atoms with Gasteiger partial charge in [-0.05, 0) is 88.2 Å². The summed E-state index contributed by atoms with van der Waals surface area (Å²) < 4.78 is 4.42. The smallest absolute Gasteiger partial charge is 0.208 e. The van der Waals surface area contributed by atoms with Crippen molar-refractivity contribution in [2.75, 3.05) is 30.8 Å². The number of fused-ring (bicyclic) bond motifs is 7. The van der Waals surface area contributed by atoms with Gasteiger partial charge in [0, 0.05) is 60.6 Å². The van der Waals surface area contributed by atoms with Gasteiger partial charge in [-0.3, -0.25) is 9.67 Å². The molecule has 4 heterocycles. The molecule has 0 spiro atoms. The minimum atomic E-state index is 0.637. The zero-order valence-corrected chi connectivity index (χ0v) is 23.4. The van der Waals surface area contributed by atoms with E-state index in [1.807, 2.05) is 31.9 Å². The van der Waals surface area contributed by atoms with Gasteiger partial charge in [-0.15, -0.1) is 0 Å². The van der Waals surface area contributed by atoms with Gasteiger partial charge in [-0.2, -0.15) is 5.10 Å². The van der Waals surface area contributed by atoms with E-state index in [0.29, 0.717) is 5.92 Å². The minimum absolute atomic E-state index is 0.637. The van der Waals surface area contributed by atoms with E-state index in [9.17, 15) is 0 Å². The van der Waals surface area contributed by atoms with Crippen LogP contribution in [0.3, 0.4) is 0 Å². The van der Waals surface area contributed by atoms with Crippen molar-refractivity contribution < 1.29 is 0 Å². The molecule has 8 nitrogen and oxygen atoms in total. The zero-order chi connectivity index (χ0) is 26.9. The fourth-order valence-corrected chi connectivity index (χ4v) is 5.98. The van der Waals surface area contributed by atoms with Crippen LogP contribution in [-0.4, -0.2) is 44.5 Å². The van der Waals surface area contributed by atoms with Gasteiger partial charge in [0.25, 0.3) is 0 Å². The SMILES string of the molecule is C=C1Nc2nc3ccc(NCCNC)cc3n2CC(C2CC2)CCCCc2c(cnn2C)-c2cc1cc(C)n2. The van der Waals surface area contributed by atoms with Crippen LogP contribution in [0.25, 0.3) is 28.0 Å². The van der Waals surface area contributed by atoms with Crippen molar-refractivity contribution in [1.29, 1.82) is 0 Å². The number of nitrogens with zero attached hydrogens (tertiary/aromatic N) is 5. The molecule has 0 saturated heterocycles. The minimum Gasteiger partial charge on any atom is -0.384 e. The van der Waals surface area contributed by atoms with E-state index < -0.39 is 0 Å². The molecule has 4 aromatic rings. The summed E-state index contributed by atoms with van der Waals surface area (Å²) in [4.78, 5) is 9.96. The summed E-state index contributed by atoms with van der Waals surface area (Å²) >= 11 is 0. The first kappa shape index (κ1) is 25.6. The number of hydrogen-bond donors (Lipinski definition) is 3. The molecule has 1 atom stereocenters. The summed E-state index contributed by atoms with van der Waals surface area (Å²) in [6.45, 7) is 9.26. The van der Waals surface area contributed by atoms with Crippen LogP contribution in [0.5, 0.6) is 0 Å². The molecule has 1 aromatic carbocycles. The van der Waals surface area contributed by atoms with Gasteiger partial charge >= 0.3 is 0 Å². The number of pyridine rings is 1. The highest BCUT2D eigenvalue weighted by atomic mass is 15.3. The molecule has 1 unspecified atom stereocenters. The normalized spacial score (nSPS) is 18.1. The van der Waals surface area contributed by atoms with Gasteiger partial charge < -0.3 is 20.5 Å². The van der Waals surface area contributed by atoms with Gasteiger partial charge in [0.1, 0.15) is 0 Å². The van der Waals surface area contributed by atoms with Crippen molar-refractivity contribution in [1.82, 2.24) is 29.6 Å². The van der Waals surface area contributed by atoms with Crippen LogP contribution < -0.4 is 16.0 Å². The fourth-order valence-electron chi connectivity index (χ4n) is 5.98. The number of anilines is 2. The van der Waals surface area contributed by atoms with E-state index in [-0.39, 0.29) is 0 Å². The maximum absolute atomic E-state index is 5.07. The lowest BCUT2D eigenvalue weighted by Crippen LogP contribution is -2.18. The Bertz CT molecular complexity index is 1490. The Labute approximate surface area is 230 Å². The Hall–Kier alpha value is -3.65. The summed E-state index contributed by atoms with van der Waals surface area (Å²) in [7, 11) is 4.02. The number of hydrogen-bond acceptors (Lipinski definition) is 6. The second-order valence-corrected chi connectivity index (χ2v) is 11.2. The largest absolute Gasteiger partial charge is 0.384 e. The van der Waals surface area contributed by atoms with Crippen LogP contribution in [0, 0.1) is 18.8 Å². The van der Waals surface area contributed by atoms with E-state index >= 15 is 0 Å². The lowest BCUT2D eigenvalue weighted by molar-refractivity contribution is 0.361. The van der Waals surface area contributed by atoms with E-state index in [0.717, 1.165) is 83.8 Å². The van der Waals surface area contributed by atoms with Gasteiger partial charge in [0.15, 0.2) is 0 Å². The molecule has 1 fully saturated rings. The second kappa shape index (κ2) is 10.8. The molecule has 2 aliphatic rings. The average molecular weight is 525 g/mol. The van der Waals surface area contributed by atoms with Gasteiger partial charge in [0.05, 0.1) is 22.9 Å². The molecule has 6 rings (SSSR count). The number of aromatic nitrogens is 5. The van der Waals surface area contributed by atoms with Crippen molar-refractivity contribution in [3.8, 4) is 11.3 Å². The molecular formula is C31H40N8. The number of imidazole rings is 1. The van der Waals surface area contributed by atoms with Crippen LogP contribution in [0.15, 0.2) is 43.1 Å². The third-order valence-corrected chi connectivity index (χ3v) is 8.30. The molecule has 39 heavy (non-hydrogen) atoms. The highest BCUT2D eigenvalue weighted by molar-refractivity contribution is 5.85. The second-order valence-electron chi connectivity index (χ2n) is 11.2. The number of rotatable bonds is 5. The molecule has 1 aliphatic heterocycles. The number of benzene rings is 1. The average Bonchev–Trinajstić information content (AvgIpc) is 3.63. The van der Waals surface area contributed by atoms with Crippen molar-refractivity contribution in [3.05, 3.63) is 60.1 Å². The molecule has 8 heteroatoms. The Morgan fingerprint density at radius 3 is 2.74 bits per heavy atom. The van der Waals surface area contributed by atoms with E-state index in [1.54, 1.807) is 0 Å². The zero-order valence-electron chi connectivity index (χ0n) is 23.4. The predicted molar refractivity (Wildman–Crippen MR) is 160 cm³/mol. The molecule has 204 valence electrons. The maximum atomic E-state index is 5.07. The summed E-state index contributed by atoms with van der Waals surface area (Å²) in [6, 6.07) is 10.7. The highest BCUT2D eigenvalue weighted by Crippen LogP contribution is 2.41. The Kier molecular flexibility index (Phi) is 7.12. The summed E-state index contributed by atoms with van der Waals surface area (Å²) in [5, 5.41) is 15.0. The van der Waals surface area contributed by atoms with Crippen molar-refractivity contribution in [3.63, 3.8) is 0 Å². The Morgan fingerprint density at radius 2 is 1.92 bits per heavy atom. The summed E-state index contributed by atoms with van der Waals surface area (Å²) in [5.41, 5.74) is 9.44. The predicted octanol–water partition coefficient (Wildman–Crippen LogP) is 5.61. The third-order valence-electron chi connectivity index (χ3n) is 8.30. The topological polar surface area (TPSA) is 84.6 Å². The molecular weight excluding hydrogens is 484 g/mol. The standard InChI is InChI=1S/C31H40N8/c1-20-15-24-16-28(35-20)26-18-34-38(4)29(26)8-6-5-7-23(22-9-10-22)19-39-30-17-25(33-14-13-32-3)11-12-27(30)37-31(39)36-21(24)2/h11-12,15-18,22-23,32-33H,2,5-10,13-14,19H2,1,3-4H3,(H,36,37). The number of nitrogens with one attached hydrogen (secondary N) is 3. The van der Waals surface area contributed by atoms with Crippen LogP contribution >= 0.6 is 0 Å². The van der Waals surface area contributed by atoms with Crippen LogP contribution in [0.1, 0.15) is 49.1 Å². The first-order chi connectivity index (χ1) is 19.0. The van der Waals surface area contributed by atoms with Crippen LogP contribution in [0.2, 0.25) is 0 Å². The first-order valence-electron chi connectivity index (χ1n) is 14.3. The third kappa shape index (κ3) is 5.43. The van der Waals surface area contributed by atoms with Gasteiger partial charge in [-0.25, -0.2) is 4.98 Å². The molecule has 0 amide bonds. The highest BCUT2D eigenvalue weighted by Gasteiger charge is 2.32. The van der Waals surface area contributed by atoms with Crippen molar-refractivity contribution in [2.45, 2.75) is 52.0 Å². The van der Waals surface area contributed by atoms with Gasteiger partial charge in [-0.1, -0.05) is 13.0 Å². The molecule has 2 bridgehead atoms.